The van der Waals surface area contributed by atoms with Gasteiger partial charge in [-0.3, -0.25) is 9.69 Å². The maximum Gasteiger partial charge on any atom is 0.243 e. The maximum absolute atomic E-state index is 12.7. The van der Waals surface area contributed by atoms with Gasteiger partial charge in [-0.1, -0.05) is 48.0 Å². The summed E-state index contributed by atoms with van der Waals surface area (Å²) in [6.07, 6.45) is 0. The van der Waals surface area contributed by atoms with Gasteiger partial charge < -0.3 is 4.74 Å². The van der Waals surface area contributed by atoms with Gasteiger partial charge in [0.25, 0.3) is 0 Å². The molecule has 3 aromatic rings. The van der Waals surface area contributed by atoms with Gasteiger partial charge in [0, 0.05) is 10.7 Å². The number of ether oxygens (including phenoxy) is 1. The fourth-order valence-electron chi connectivity index (χ4n) is 3.20. The highest BCUT2D eigenvalue weighted by Crippen LogP contribution is 2.38. The minimum absolute atomic E-state index is 0.431. The fourth-order valence-corrected chi connectivity index (χ4v) is 5.16. The summed E-state index contributed by atoms with van der Waals surface area (Å²) in [6, 6.07) is 22.6. The normalized spacial score (nSPS) is 18.2. The van der Waals surface area contributed by atoms with Crippen LogP contribution in [0.25, 0.3) is 0 Å². The van der Waals surface area contributed by atoms with Crippen molar-refractivity contribution in [3.63, 3.8) is 0 Å². The molecule has 0 unspecified atom stereocenters. The molecule has 0 spiro atoms. The van der Waals surface area contributed by atoms with Crippen molar-refractivity contribution >= 4 is 33.0 Å². The van der Waals surface area contributed by atoms with Crippen molar-refractivity contribution in [2.75, 3.05) is 10.7 Å². The van der Waals surface area contributed by atoms with Crippen LogP contribution in [0, 0.1) is 0 Å². The number of para-hydroxylation sites is 1. The lowest BCUT2D eigenvalue weighted by Crippen LogP contribution is -2.29. The van der Waals surface area contributed by atoms with Crippen LogP contribution >= 0.6 is 11.6 Å². The van der Waals surface area contributed by atoms with Gasteiger partial charge in [0.1, 0.15) is 17.3 Å². The van der Waals surface area contributed by atoms with Gasteiger partial charge in [0.2, 0.25) is 5.91 Å². The lowest BCUT2D eigenvalue weighted by atomic mass is 10.1. The lowest BCUT2D eigenvalue weighted by molar-refractivity contribution is -0.115. The molecule has 1 aliphatic rings. The van der Waals surface area contributed by atoms with Crippen molar-refractivity contribution in [3.05, 3.63) is 89.4 Å². The Morgan fingerprint density at radius 3 is 2.25 bits per heavy atom. The van der Waals surface area contributed by atoms with E-state index < -0.39 is 26.9 Å². The molecule has 7 heteroatoms. The van der Waals surface area contributed by atoms with Crippen LogP contribution in [0.2, 0.25) is 5.02 Å². The topological polar surface area (TPSA) is 63.7 Å². The van der Waals surface area contributed by atoms with Gasteiger partial charge in [0.15, 0.2) is 15.2 Å². The Bertz CT molecular complexity index is 1110. The average Bonchev–Trinajstić information content (AvgIpc) is 2.91. The summed E-state index contributed by atoms with van der Waals surface area (Å²) in [5.74, 6) is 0.245. The number of hydrogen-bond acceptors (Lipinski definition) is 4. The van der Waals surface area contributed by atoms with Crippen molar-refractivity contribution in [3.8, 4) is 11.5 Å². The van der Waals surface area contributed by atoms with E-state index in [0.29, 0.717) is 27.8 Å². The first-order valence-electron chi connectivity index (χ1n) is 8.56. The Kier molecular flexibility index (Phi) is 4.83. The van der Waals surface area contributed by atoms with Gasteiger partial charge in [0.05, 0.1) is 0 Å². The van der Waals surface area contributed by atoms with Crippen molar-refractivity contribution in [2.45, 2.75) is 5.37 Å². The van der Waals surface area contributed by atoms with Crippen LogP contribution in [-0.4, -0.2) is 20.1 Å². The molecule has 0 N–H and O–H groups in total. The first-order valence-corrected chi connectivity index (χ1v) is 10.7. The molecule has 1 amide bonds. The minimum atomic E-state index is -3.68. The van der Waals surface area contributed by atoms with Crippen LogP contribution in [0.4, 0.5) is 5.69 Å². The zero-order valence-corrected chi connectivity index (χ0v) is 16.2. The Morgan fingerprint density at radius 1 is 0.893 bits per heavy atom. The minimum Gasteiger partial charge on any atom is -0.457 e. The number of anilines is 1. The van der Waals surface area contributed by atoms with Gasteiger partial charge in [-0.25, -0.2) is 8.42 Å². The molecule has 4 rings (SSSR count). The summed E-state index contributed by atoms with van der Waals surface area (Å²) in [5.41, 5.74) is 0.944. The monoisotopic (exact) mass is 413 g/mol. The predicted molar refractivity (Wildman–Crippen MR) is 108 cm³/mol. The van der Waals surface area contributed by atoms with Crippen LogP contribution in [0.15, 0.2) is 78.9 Å². The number of nitrogens with zero attached hydrogens (tertiary/aromatic N) is 1. The van der Waals surface area contributed by atoms with Gasteiger partial charge in [-0.2, -0.15) is 0 Å². The Morgan fingerprint density at radius 2 is 1.57 bits per heavy atom. The molecule has 5 nitrogen and oxygen atoms in total. The van der Waals surface area contributed by atoms with Crippen LogP contribution in [-0.2, 0) is 14.6 Å². The van der Waals surface area contributed by atoms with E-state index in [1.165, 1.54) is 4.90 Å². The van der Waals surface area contributed by atoms with Gasteiger partial charge in [-0.05, 0) is 48.0 Å². The number of benzene rings is 3. The van der Waals surface area contributed by atoms with E-state index in [0.717, 1.165) is 0 Å². The Balaban J connectivity index is 1.68. The van der Waals surface area contributed by atoms with E-state index >= 15 is 0 Å². The molecule has 0 aromatic heterocycles. The highest BCUT2D eigenvalue weighted by Gasteiger charge is 2.45. The van der Waals surface area contributed by atoms with Crippen molar-refractivity contribution in [1.82, 2.24) is 0 Å². The molecule has 0 saturated carbocycles. The second-order valence-electron chi connectivity index (χ2n) is 6.39. The van der Waals surface area contributed by atoms with Crippen molar-refractivity contribution < 1.29 is 17.9 Å². The first-order chi connectivity index (χ1) is 13.4. The molecule has 1 atom stereocenters. The number of halogens is 1. The van der Waals surface area contributed by atoms with E-state index in [1.807, 2.05) is 30.3 Å². The van der Waals surface area contributed by atoms with E-state index in [9.17, 15) is 13.2 Å². The second-order valence-corrected chi connectivity index (χ2v) is 8.88. The van der Waals surface area contributed by atoms with Crippen LogP contribution in [0.5, 0.6) is 11.5 Å². The van der Waals surface area contributed by atoms with E-state index in [1.54, 1.807) is 48.5 Å². The molecule has 0 aliphatic carbocycles. The van der Waals surface area contributed by atoms with Gasteiger partial charge >= 0.3 is 0 Å². The fraction of sp³-hybridized carbons (Fsp3) is 0.0952. The third-order valence-electron chi connectivity index (χ3n) is 4.40. The molecule has 0 bridgehead atoms. The molecule has 0 radical (unpaired) electrons. The van der Waals surface area contributed by atoms with Crippen molar-refractivity contribution in [1.29, 1.82) is 0 Å². The van der Waals surface area contributed by atoms with Crippen LogP contribution < -0.4 is 9.64 Å². The number of carbonyl (C=O) groups is 1. The zero-order chi connectivity index (χ0) is 19.7. The number of rotatable bonds is 4. The van der Waals surface area contributed by atoms with Crippen LogP contribution in [0.1, 0.15) is 10.9 Å². The quantitative estimate of drug-likeness (QED) is 0.627. The molecule has 3 aromatic carbocycles. The smallest absolute Gasteiger partial charge is 0.243 e. The first kappa shape index (κ1) is 18.5. The Labute approximate surface area is 168 Å². The summed E-state index contributed by atoms with van der Waals surface area (Å²) < 4.78 is 31.1. The zero-order valence-electron chi connectivity index (χ0n) is 14.7. The molecule has 1 heterocycles. The summed E-state index contributed by atoms with van der Waals surface area (Å²) in [4.78, 5) is 13.8. The third-order valence-corrected chi connectivity index (χ3v) is 6.45. The highest BCUT2D eigenvalue weighted by molar-refractivity contribution is 7.93. The number of carbonyl (C=O) groups excluding carboxylic acids is 1. The number of hydrogen-bond donors (Lipinski definition) is 0. The molecular weight excluding hydrogens is 398 g/mol. The highest BCUT2D eigenvalue weighted by atomic mass is 35.5. The second kappa shape index (κ2) is 7.30. The van der Waals surface area contributed by atoms with Crippen LogP contribution in [0.3, 0.4) is 0 Å². The SMILES string of the molecule is O=C1CS(=O)(=O)[C@@H](c2ccc(Oc3ccccc3)cc2)N1c1cccc(Cl)c1. The summed E-state index contributed by atoms with van der Waals surface area (Å²) >= 11 is 6.03. The van der Waals surface area contributed by atoms with E-state index in [4.69, 9.17) is 16.3 Å². The standard InChI is InChI=1S/C21H16ClNO4S/c22-16-5-4-6-17(13-16)23-20(24)14-28(25,26)21(23)15-9-11-19(12-10-15)27-18-7-2-1-3-8-18/h1-13,21H,14H2/t21-/m0/s1. The third kappa shape index (κ3) is 3.61. The molecular formula is C21H16ClNO4S. The molecule has 142 valence electrons. The maximum atomic E-state index is 12.7. The summed E-state index contributed by atoms with van der Waals surface area (Å²) in [5, 5.41) is -0.663. The van der Waals surface area contributed by atoms with E-state index in [-0.39, 0.29) is 0 Å². The molecule has 1 fully saturated rings. The molecule has 1 saturated heterocycles. The predicted octanol–water partition coefficient (Wildman–Crippen LogP) is 4.59. The van der Waals surface area contributed by atoms with Crippen molar-refractivity contribution in [2.24, 2.45) is 0 Å². The average molecular weight is 414 g/mol. The Hall–Kier alpha value is -2.83. The molecule has 28 heavy (non-hydrogen) atoms. The largest absolute Gasteiger partial charge is 0.457 e. The summed E-state index contributed by atoms with van der Waals surface area (Å²) in [7, 11) is -3.68. The summed E-state index contributed by atoms with van der Waals surface area (Å²) in [6.45, 7) is 0. The molecule has 1 aliphatic heterocycles. The number of sulfone groups is 1. The number of amides is 1. The lowest BCUT2D eigenvalue weighted by Gasteiger charge is -2.24. The van der Waals surface area contributed by atoms with E-state index in [2.05, 4.69) is 0 Å². The van der Waals surface area contributed by atoms with Gasteiger partial charge in [-0.15, -0.1) is 0 Å².